The lowest BCUT2D eigenvalue weighted by atomic mass is 9.87. The van der Waals surface area contributed by atoms with E-state index in [4.69, 9.17) is 21.4 Å². The molecule has 7 heteroatoms. The molecule has 0 atom stereocenters. The van der Waals surface area contributed by atoms with Crippen molar-refractivity contribution in [1.82, 2.24) is 14.6 Å². The molecule has 0 spiro atoms. The second-order valence-electron chi connectivity index (χ2n) is 8.16. The van der Waals surface area contributed by atoms with E-state index in [2.05, 4.69) is 54.7 Å². The quantitative estimate of drug-likeness (QED) is 0.323. The monoisotopic (exact) mass is 452 g/mol. The standard InChI is InChI=1S/C24H25ClN4OS/c1-5-30-23-18(7-6-14-26-23)20-15-21-19(25)12-13-22(29(21)27-20)28-31-17-10-8-16(9-11-17)24(2,3)4/h6-15,28H,5H2,1-4H3. The molecule has 0 saturated heterocycles. The Labute approximate surface area is 191 Å². The van der Waals surface area contributed by atoms with Gasteiger partial charge >= 0.3 is 0 Å². The Kier molecular flexibility index (Phi) is 6.12. The molecule has 3 heterocycles. The summed E-state index contributed by atoms with van der Waals surface area (Å²) in [6, 6.07) is 18.2. The Balaban J connectivity index is 1.63. The molecule has 0 fully saturated rings. The Hall–Kier alpha value is -2.70. The molecule has 0 radical (unpaired) electrons. The second kappa shape index (κ2) is 8.81. The third-order valence-corrected chi connectivity index (χ3v) is 6.03. The summed E-state index contributed by atoms with van der Waals surface area (Å²) in [5.41, 5.74) is 3.85. The van der Waals surface area contributed by atoms with Crippen molar-refractivity contribution in [3.8, 4) is 17.1 Å². The highest BCUT2D eigenvalue weighted by atomic mass is 35.5. The van der Waals surface area contributed by atoms with Crippen molar-refractivity contribution in [2.45, 2.75) is 38.0 Å². The number of nitrogens with one attached hydrogen (secondary N) is 1. The van der Waals surface area contributed by atoms with E-state index in [-0.39, 0.29) is 5.41 Å². The fraction of sp³-hybridized carbons (Fsp3) is 0.250. The lowest BCUT2D eigenvalue weighted by molar-refractivity contribution is 0.328. The largest absolute Gasteiger partial charge is 0.477 e. The molecule has 0 amide bonds. The number of benzene rings is 1. The first-order valence-electron chi connectivity index (χ1n) is 10.2. The van der Waals surface area contributed by atoms with Crippen molar-refractivity contribution in [3.05, 3.63) is 71.4 Å². The summed E-state index contributed by atoms with van der Waals surface area (Å²) in [4.78, 5) is 5.46. The summed E-state index contributed by atoms with van der Waals surface area (Å²) in [5, 5.41) is 5.41. The minimum atomic E-state index is 0.136. The van der Waals surface area contributed by atoms with Gasteiger partial charge in [-0.15, -0.1) is 0 Å². The number of pyridine rings is 2. The molecule has 0 aliphatic heterocycles. The van der Waals surface area contributed by atoms with Gasteiger partial charge in [-0.1, -0.05) is 44.5 Å². The average molecular weight is 453 g/mol. The van der Waals surface area contributed by atoms with Crippen LogP contribution in [0.25, 0.3) is 16.8 Å². The molecule has 4 rings (SSSR count). The molecule has 0 bridgehead atoms. The SMILES string of the molecule is CCOc1ncccc1-c1cc2c(Cl)ccc(NSc3ccc(C(C)(C)C)cc3)n2n1. The summed E-state index contributed by atoms with van der Waals surface area (Å²) < 4.78 is 10.9. The third kappa shape index (κ3) is 4.65. The summed E-state index contributed by atoms with van der Waals surface area (Å²) in [5.74, 6) is 1.39. The van der Waals surface area contributed by atoms with Gasteiger partial charge in [0, 0.05) is 11.1 Å². The van der Waals surface area contributed by atoms with Crippen LogP contribution in [0.2, 0.25) is 5.02 Å². The molecule has 0 unspecified atom stereocenters. The first-order chi connectivity index (χ1) is 14.9. The van der Waals surface area contributed by atoms with E-state index in [0.29, 0.717) is 17.5 Å². The summed E-state index contributed by atoms with van der Waals surface area (Å²) >= 11 is 8.00. The second-order valence-corrected chi connectivity index (χ2v) is 9.45. The maximum absolute atomic E-state index is 6.47. The zero-order valence-corrected chi connectivity index (χ0v) is 19.6. The van der Waals surface area contributed by atoms with Gasteiger partial charge in [0.05, 0.1) is 28.4 Å². The van der Waals surface area contributed by atoms with Crippen LogP contribution in [0.1, 0.15) is 33.3 Å². The Morgan fingerprint density at radius 1 is 1.10 bits per heavy atom. The predicted molar refractivity (Wildman–Crippen MR) is 129 cm³/mol. The summed E-state index contributed by atoms with van der Waals surface area (Å²) in [6.45, 7) is 9.12. The summed E-state index contributed by atoms with van der Waals surface area (Å²) in [6.07, 6.45) is 1.71. The molecule has 1 aromatic carbocycles. The minimum absolute atomic E-state index is 0.136. The van der Waals surface area contributed by atoms with E-state index in [1.807, 2.05) is 41.8 Å². The van der Waals surface area contributed by atoms with Gasteiger partial charge in [0.25, 0.3) is 0 Å². The number of halogens is 1. The zero-order valence-electron chi connectivity index (χ0n) is 18.0. The first-order valence-corrected chi connectivity index (χ1v) is 11.4. The number of ether oxygens (including phenoxy) is 1. The molecule has 160 valence electrons. The van der Waals surface area contributed by atoms with E-state index < -0.39 is 0 Å². The number of rotatable bonds is 6. The van der Waals surface area contributed by atoms with Crippen LogP contribution in [0.5, 0.6) is 5.88 Å². The number of fused-ring (bicyclic) bond motifs is 1. The van der Waals surface area contributed by atoms with Crippen LogP contribution in [0.3, 0.4) is 0 Å². The van der Waals surface area contributed by atoms with Crippen molar-refractivity contribution in [2.75, 3.05) is 11.3 Å². The average Bonchev–Trinajstić information content (AvgIpc) is 3.20. The Morgan fingerprint density at radius 3 is 2.58 bits per heavy atom. The van der Waals surface area contributed by atoms with Crippen LogP contribution < -0.4 is 9.46 Å². The fourth-order valence-electron chi connectivity index (χ4n) is 3.22. The topological polar surface area (TPSA) is 51.5 Å². The highest BCUT2D eigenvalue weighted by Gasteiger charge is 2.15. The maximum Gasteiger partial charge on any atom is 0.222 e. The molecule has 1 N–H and O–H groups in total. The van der Waals surface area contributed by atoms with Crippen molar-refractivity contribution in [2.24, 2.45) is 0 Å². The summed E-state index contributed by atoms with van der Waals surface area (Å²) in [7, 11) is 0. The van der Waals surface area contributed by atoms with Gasteiger partial charge in [0.1, 0.15) is 5.82 Å². The Morgan fingerprint density at radius 2 is 1.87 bits per heavy atom. The van der Waals surface area contributed by atoms with Crippen LogP contribution >= 0.6 is 23.5 Å². The highest BCUT2D eigenvalue weighted by Crippen LogP contribution is 2.32. The minimum Gasteiger partial charge on any atom is -0.477 e. The Bertz CT molecular complexity index is 1200. The van der Waals surface area contributed by atoms with Gasteiger partial charge in [0.2, 0.25) is 5.88 Å². The molecule has 31 heavy (non-hydrogen) atoms. The predicted octanol–water partition coefficient (Wildman–Crippen LogP) is 6.87. The van der Waals surface area contributed by atoms with E-state index in [9.17, 15) is 0 Å². The van der Waals surface area contributed by atoms with Gasteiger partial charge in [0.15, 0.2) is 0 Å². The van der Waals surface area contributed by atoms with Gasteiger partial charge < -0.3 is 9.46 Å². The molecule has 0 aliphatic carbocycles. The molecule has 3 aromatic heterocycles. The highest BCUT2D eigenvalue weighted by molar-refractivity contribution is 8.00. The van der Waals surface area contributed by atoms with Crippen LogP contribution in [-0.4, -0.2) is 21.2 Å². The van der Waals surface area contributed by atoms with Crippen LogP contribution in [0, 0.1) is 0 Å². The maximum atomic E-state index is 6.47. The smallest absolute Gasteiger partial charge is 0.222 e. The molecule has 0 aliphatic rings. The number of nitrogens with zero attached hydrogens (tertiary/aromatic N) is 3. The number of anilines is 1. The number of aromatic nitrogens is 3. The van der Waals surface area contributed by atoms with Crippen molar-refractivity contribution < 1.29 is 4.74 Å². The van der Waals surface area contributed by atoms with Gasteiger partial charge in [-0.2, -0.15) is 5.10 Å². The van der Waals surface area contributed by atoms with Crippen molar-refractivity contribution >= 4 is 34.9 Å². The van der Waals surface area contributed by atoms with Crippen LogP contribution in [0.15, 0.2) is 65.7 Å². The first kappa shape index (κ1) is 21.5. The van der Waals surface area contributed by atoms with E-state index >= 15 is 0 Å². The molecule has 5 nitrogen and oxygen atoms in total. The molecule has 4 aromatic rings. The van der Waals surface area contributed by atoms with E-state index in [1.165, 1.54) is 17.5 Å². The lowest BCUT2D eigenvalue weighted by Crippen LogP contribution is -2.10. The normalized spacial score (nSPS) is 11.6. The molecule has 0 saturated carbocycles. The van der Waals surface area contributed by atoms with E-state index in [1.54, 1.807) is 6.20 Å². The van der Waals surface area contributed by atoms with Gasteiger partial charge in [-0.05, 0) is 72.3 Å². The number of hydrogen-bond acceptors (Lipinski definition) is 5. The van der Waals surface area contributed by atoms with Crippen LogP contribution in [0.4, 0.5) is 5.82 Å². The molecular formula is C24H25ClN4OS. The van der Waals surface area contributed by atoms with Crippen molar-refractivity contribution in [3.63, 3.8) is 0 Å². The van der Waals surface area contributed by atoms with E-state index in [0.717, 1.165) is 27.5 Å². The third-order valence-electron chi connectivity index (χ3n) is 4.89. The zero-order chi connectivity index (χ0) is 22.0. The number of hydrogen-bond donors (Lipinski definition) is 1. The van der Waals surface area contributed by atoms with Crippen LogP contribution in [-0.2, 0) is 5.41 Å². The molecular weight excluding hydrogens is 428 g/mol. The lowest BCUT2D eigenvalue weighted by Gasteiger charge is -2.19. The fourth-order valence-corrected chi connectivity index (χ4v) is 4.07. The van der Waals surface area contributed by atoms with Gasteiger partial charge in [-0.3, -0.25) is 0 Å². The van der Waals surface area contributed by atoms with Gasteiger partial charge in [-0.25, -0.2) is 9.50 Å². The van der Waals surface area contributed by atoms with Crippen molar-refractivity contribution in [1.29, 1.82) is 0 Å².